The van der Waals surface area contributed by atoms with Gasteiger partial charge in [-0.3, -0.25) is 0 Å². The predicted octanol–water partition coefficient (Wildman–Crippen LogP) is 10.5. The summed E-state index contributed by atoms with van der Waals surface area (Å²) in [6, 6.07) is 30.2. The lowest BCUT2D eigenvalue weighted by molar-refractivity contribution is 0.507. The van der Waals surface area contributed by atoms with Crippen LogP contribution in [-0.4, -0.2) is 10.6 Å². The van der Waals surface area contributed by atoms with Crippen molar-refractivity contribution >= 4 is 50.3 Å². The van der Waals surface area contributed by atoms with Gasteiger partial charge in [-0.15, -0.1) is 0 Å². The maximum Gasteiger partial charge on any atom is 0.141 e. The molecule has 2 aliphatic carbocycles. The number of nitriles is 1. The van der Waals surface area contributed by atoms with E-state index in [2.05, 4.69) is 133 Å². The first kappa shape index (κ1) is 26.2. The Morgan fingerprint density at radius 2 is 1.64 bits per heavy atom. The number of aromatic nitrogens is 1. The minimum atomic E-state index is 0.0209. The zero-order valence-corrected chi connectivity index (χ0v) is 25.7. The van der Waals surface area contributed by atoms with Gasteiger partial charge in [-0.1, -0.05) is 87.5 Å². The van der Waals surface area contributed by atoms with Crippen molar-refractivity contribution in [2.24, 2.45) is 5.41 Å². The first-order valence-electron chi connectivity index (χ1n) is 15.9. The average Bonchev–Trinajstić information content (AvgIpc) is 3.71. The Labute approximate surface area is 262 Å². The number of allylic oxidation sites excluding steroid dienone is 3. The molecule has 0 amide bonds. The summed E-state index contributed by atoms with van der Waals surface area (Å²) < 4.78 is 9.10. The molecule has 0 fully saturated rings. The van der Waals surface area contributed by atoms with Crippen molar-refractivity contribution in [3.05, 3.63) is 131 Å². The van der Waals surface area contributed by atoms with E-state index < -0.39 is 0 Å². The van der Waals surface area contributed by atoms with Gasteiger partial charge in [0, 0.05) is 44.6 Å². The summed E-state index contributed by atoms with van der Waals surface area (Å²) in [6.07, 6.45) is 13.7. The standard InChI is InChI=1S/C41H33N3O/c1-41(2,3)26-17-20-34-31(23-26)39-36(21-18-30-29-12-6-9-15-38(29)45-40(30)39)44(34)35-19-16-25(24-42)22-37(35)43-32-13-7-4-10-27(32)28-11-5-8-14-33(28)43/h4-7,9-13,15-23,31,34H,8,14H2,1-3H3. The lowest BCUT2D eigenvalue weighted by atomic mass is 9.78. The molecular weight excluding hydrogens is 550 g/mol. The van der Waals surface area contributed by atoms with Crippen molar-refractivity contribution in [3.8, 4) is 11.8 Å². The molecule has 2 aromatic heterocycles. The first-order chi connectivity index (χ1) is 21.9. The number of benzene rings is 4. The van der Waals surface area contributed by atoms with Crippen LogP contribution in [0.3, 0.4) is 0 Å². The number of anilines is 2. The third kappa shape index (κ3) is 3.71. The number of hydrogen-bond donors (Lipinski definition) is 0. The largest absolute Gasteiger partial charge is 0.456 e. The lowest BCUT2D eigenvalue weighted by Crippen LogP contribution is -2.31. The average molecular weight is 584 g/mol. The molecule has 4 heteroatoms. The smallest absolute Gasteiger partial charge is 0.141 e. The van der Waals surface area contributed by atoms with Crippen molar-refractivity contribution in [1.29, 1.82) is 5.26 Å². The SMILES string of the molecule is CC(C)(C)C1=CC2c3c(ccc4c3oc3ccccc34)N(c3ccc(C#N)cc3-n3c4c(c5ccccc53)C=CCC4)C2C=C1. The van der Waals surface area contributed by atoms with Gasteiger partial charge in [0.05, 0.1) is 34.6 Å². The van der Waals surface area contributed by atoms with E-state index in [1.54, 1.807) is 0 Å². The molecule has 3 aliphatic rings. The molecule has 0 radical (unpaired) electrons. The van der Waals surface area contributed by atoms with Gasteiger partial charge in [0.1, 0.15) is 11.2 Å². The minimum absolute atomic E-state index is 0.0209. The quantitative estimate of drug-likeness (QED) is 0.204. The Morgan fingerprint density at radius 1 is 0.844 bits per heavy atom. The molecule has 0 bridgehead atoms. The number of rotatable bonds is 2. The first-order valence-corrected chi connectivity index (χ1v) is 15.9. The Hall–Kier alpha value is -5.27. The van der Waals surface area contributed by atoms with Crippen LogP contribution in [0, 0.1) is 16.7 Å². The molecule has 2 atom stereocenters. The highest BCUT2D eigenvalue weighted by molar-refractivity contribution is 6.08. The summed E-state index contributed by atoms with van der Waals surface area (Å²) in [5, 5.41) is 13.6. The van der Waals surface area contributed by atoms with Crippen LogP contribution >= 0.6 is 0 Å². The molecule has 2 unspecified atom stereocenters. The molecule has 0 saturated carbocycles. The number of furan rings is 1. The second-order valence-corrected chi connectivity index (χ2v) is 13.6. The van der Waals surface area contributed by atoms with Crippen molar-refractivity contribution in [1.82, 2.24) is 4.57 Å². The second kappa shape index (κ2) is 9.36. The lowest BCUT2D eigenvalue weighted by Gasteiger charge is -2.33. The summed E-state index contributed by atoms with van der Waals surface area (Å²) in [5.74, 6) is 0.116. The Morgan fingerprint density at radius 3 is 2.49 bits per heavy atom. The Kier molecular flexibility index (Phi) is 5.44. The summed E-state index contributed by atoms with van der Waals surface area (Å²) in [4.78, 5) is 2.50. The van der Waals surface area contributed by atoms with E-state index in [0.717, 1.165) is 51.8 Å². The summed E-state index contributed by atoms with van der Waals surface area (Å²) >= 11 is 0. The Balaban J connectivity index is 1.35. The van der Waals surface area contributed by atoms with Crippen LogP contribution < -0.4 is 4.90 Å². The highest BCUT2D eigenvalue weighted by Gasteiger charge is 2.42. The number of hydrogen-bond acceptors (Lipinski definition) is 3. The van der Waals surface area contributed by atoms with Crippen LogP contribution in [0.2, 0.25) is 0 Å². The molecule has 218 valence electrons. The molecule has 9 rings (SSSR count). The monoisotopic (exact) mass is 583 g/mol. The van der Waals surface area contributed by atoms with E-state index in [4.69, 9.17) is 4.42 Å². The minimum Gasteiger partial charge on any atom is -0.456 e. The molecule has 0 N–H and O–H groups in total. The fourth-order valence-corrected chi connectivity index (χ4v) is 7.88. The van der Waals surface area contributed by atoms with E-state index in [1.165, 1.54) is 33.3 Å². The third-order valence-corrected chi connectivity index (χ3v) is 9.97. The van der Waals surface area contributed by atoms with E-state index in [0.29, 0.717) is 5.56 Å². The molecule has 6 aromatic rings. The second-order valence-electron chi connectivity index (χ2n) is 13.6. The van der Waals surface area contributed by atoms with Crippen LogP contribution in [0.15, 0.2) is 113 Å². The Bertz CT molecular complexity index is 2350. The zero-order valence-electron chi connectivity index (χ0n) is 25.7. The summed E-state index contributed by atoms with van der Waals surface area (Å²) in [5.41, 5.74) is 12.2. The molecule has 0 saturated heterocycles. The van der Waals surface area contributed by atoms with E-state index in [1.807, 2.05) is 12.1 Å². The van der Waals surface area contributed by atoms with Gasteiger partial charge >= 0.3 is 0 Å². The van der Waals surface area contributed by atoms with Gasteiger partial charge in [-0.25, -0.2) is 0 Å². The van der Waals surface area contributed by atoms with Gasteiger partial charge in [-0.05, 0) is 66.3 Å². The zero-order chi connectivity index (χ0) is 30.4. The van der Waals surface area contributed by atoms with Crippen molar-refractivity contribution in [2.45, 2.75) is 45.6 Å². The van der Waals surface area contributed by atoms with Crippen LogP contribution in [-0.2, 0) is 6.42 Å². The molecule has 4 nitrogen and oxygen atoms in total. The topological polar surface area (TPSA) is 45.1 Å². The van der Waals surface area contributed by atoms with Gasteiger partial charge in [0.2, 0.25) is 0 Å². The number of nitrogens with zero attached hydrogens (tertiary/aromatic N) is 3. The van der Waals surface area contributed by atoms with Crippen LogP contribution in [0.1, 0.15) is 55.5 Å². The van der Waals surface area contributed by atoms with Crippen LogP contribution in [0.25, 0.3) is 44.6 Å². The number of fused-ring (bicyclic) bond motifs is 10. The van der Waals surface area contributed by atoms with Crippen molar-refractivity contribution in [3.63, 3.8) is 0 Å². The van der Waals surface area contributed by atoms with Gasteiger partial charge in [0.15, 0.2) is 0 Å². The van der Waals surface area contributed by atoms with Crippen molar-refractivity contribution in [2.75, 3.05) is 4.90 Å². The molecule has 3 heterocycles. The highest BCUT2D eigenvalue weighted by Crippen LogP contribution is 2.54. The van der Waals surface area contributed by atoms with E-state index in [-0.39, 0.29) is 17.4 Å². The molecular formula is C41H33N3O. The summed E-state index contributed by atoms with van der Waals surface area (Å²) in [6.45, 7) is 6.85. The normalized spacial score (nSPS) is 18.7. The van der Waals surface area contributed by atoms with Gasteiger partial charge < -0.3 is 13.9 Å². The van der Waals surface area contributed by atoms with Gasteiger partial charge in [-0.2, -0.15) is 5.26 Å². The molecule has 0 spiro atoms. The van der Waals surface area contributed by atoms with Crippen LogP contribution in [0.4, 0.5) is 11.4 Å². The molecule has 1 aliphatic heterocycles. The number of para-hydroxylation sites is 2. The predicted molar refractivity (Wildman–Crippen MR) is 184 cm³/mol. The van der Waals surface area contributed by atoms with Crippen molar-refractivity contribution < 1.29 is 4.42 Å². The fourth-order valence-electron chi connectivity index (χ4n) is 7.88. The highest BCUT2D eigenvalue weighted by atomic mass is 16.3. The maximum absolute atomic E-state index is 10.1. The van der Waals surface area contributed by atoms with Gasteiger partial charge in [0.25, 0.3) is 0 Å². The molecule has 4 aromatic carbocycles. The molecule has 45 heavy (non-hydrogen) atoms. The van der Waals surface area contributed by atoms with Crippen LogP contribution in [0.5, 0.6) is 0 Å². The fraction of sp³-hybridized carbons (Fsp3) is 0.195. The summed E-state index contributed by atoms with van der Waals surface area (Å²) in [7, 11) is 0. The maximum atomic E-state index is 10.1. The van der Waals surface area contributed by atoms with E-state index in [9.17, 15) is 5.26 Å². The third-order valence-electron chi connectivity index (χ3n) is 9.97. The van der Waals surface area contributed by atoms with E-state index >= 15 is 0 Å².